The number of nitrogens with two attached hydrogens (primary N) is 1. The molecule has 1 amide bonds. The van der Waals surface area contributed by atoms with Crippen molar-refractivity contribution in [2.24, 2.45) is 5.73 Å². The van der Waals surface area contributed by atoms with E-state index in [4.69, 9.17) is 10.5 Å². The highest BCUT2D eigenvalue weighted by atomic mass is 79.9. The van der Waals surface area contributed by atoms with E-state index in [1.54, 1.807) is 12.1 Å². The fraction of sp³-hybridized carbons (Fsp3) is 0.143. The van der Waals surface area contributed by atoms with E-state index in [2.05, 4.69) is 20.9 Å². The molecule has 0 spiro atoms. The number of methoxy groups -OCH3 is 1. The smallest absolute Gasteiger partial charge is 0.251 e. The van der Waals surface area contributed by atoms with Crippen molar-refractivity contribution in [1.29, 1.82) is 0 Å². The molecular weight excluding hydrogens is 224 g/mol. The van der Waals surface area contributed by atoms with Gasteiger partial charge in [0.25, 0.3) is 5.91 Å². The number of pyridine rings is 1. The number of halogens is 1. The van der Waals surface area contributed by atoms with Crippen LogP contribution < -0.4 is 10.5 Å². The summed E-state index contributed by atoms with van der Waals surface area (Å²) in [6, 6.07) is 3.13. The van der Waals surface area contributed by atoms with Crippen LogP contribution in [-0.4, -0.2) is 18.0 Å². The second-order valence-electron chi connectivity index (χ2n) is 2.06. The third-order valence-electron chi connectivity index (χ3n) is 1.30. The van der Waals surface area contributed by atoms with Gasteiger partial charge in [-0.3, -0.25) is 4.79 Å². The van der Waals surface area contributed by atoms with Gasteiger partial charge in [-0.15, -0.1) is 0 Å². The topological polar surface area (TPSA) is 65.2 Å². The van der Waals surface area contributed by atoms with Gasteiger partial charge in [0.2, 0.25) is 5.88 Å². The Balaban J connectivity index is 3.12. The summed E-state index contributed by atoms with van der Waals surface area (Å²) < 4.78 is 5.23. The van der Waals surface area contributed by atoms with Crippen molar-refractivity contribution in [2.75, 3.05) is 7.11 Å². The van der Waals surface area contributed by atoms with E-state index in [1.165, 1.54) is 7.11 Å². The summed E-state index contributed by atoms with van der Waals surface area (Å²) in [7, 11) is 1.50. The summed E-state index contributed by atoms with van der Waals surface area (Å²) in [6.45, 7) is 0. The third kappa shape index (κ3) is 1.73. The number of nitrogens with zero attached hydrogens (tertiary/aromatic N) is 1. The minimum Gasteiger partial charge on any atom is -0.481 e. The first-order valence-electron chi connectivity index (χ1n) is 3.15. The number of primary amides is 1. The van der Waals surface area contributed by atoms with E-state index in [1.807, 2.05) is 0 Å². The lowest BCUT2D eigenvalue weighted by Gasteiger charge is -2.01. The molecule has 2 N–H and O–H groups in total. The maximum Gasteiger partial charge on any atom is 0.251 e. The fourth-order valence-corrected chi connectivity index (χ4v) is 1.22. The maximum absolute atomic E-state index is 10.7. The molecule has 1 rings (SSSR count). The van der Waals surface area contributed by atoms with Crippen LogP contribution in [0.25, 0.3) is 0 Å². The monoisotopic (exact) mass is 230 g/mol. The number of aromatic nitrogens is 1. The van der Waals surface area contributed by atoms with Crippen LogP contribution in [0.4, 0.5) is 0 Å². The molecule has 0 radical (unpaired) electrons. The largest absolute Gasteiger partial charge is 0.481 e. The van der Waals surface area contributed by atoms with Gasteiger partial charge in [0, 0.05) is 6.07 Å². The summed E-state index contributed by atoms with van der Waals surface area (Å²) in [5.41, 5.74) is 5.40. The highest BCUT2D eigenvalue weighted by molar-refractivity contribution is 9.10. The van der Waals surface area contributed by atoms with Crippen LogP contribution in [0, 0.1) is 0 Å². The molecule has 0 atom stereocenters. The van der Waals surface area contributed by atoms with E-state index in [9.17, 15) is 4.79 Å². The van der Waals surface area contributed by atoms with Crippen molar-refractivity contribution in [1.82, 2.24) is 4.98 Å². The summed E-state index contributed by atoms with van der Waals surface area (Å²) in [6.07, 6.45) is 0. The molecule has 0 saturated heterocycles. The number of rotatable bonds is 2. The zero-order valence-electron chi connectivity index (χ0n) is 6.37. The molecule has 0 aliphatic carbocycles. The van der Waals surface area contributed by atoms with Gasteiger partial charge in [0.15, 0.2) is 0 Å². The second kappa shape index (κ2) is 3.53. The van der Waals surface area contributed by atoms with E-state index < -0.39 is 5.91 Å². The number of carbonyl (C=O) groups excluding carboxylic acids is 1. The SMILES string of the molecule is COc1ccc(C(N)=O)c(Br)n1. The number of amides is 1. The summed E-state index contributed by atoms with van der Waals surface area (Å²) in [5, 5.41) is 0. The molecule has 0 fully saturated rings. The van der Waals surface area contributed by atoms with Crippen LogP contribution in [0.15, 0.2) is 16.7 Å². The van der Waals surface area contributed by atoms with Gasteiger partial charge >= 0.3 is 0 Å². The summed E-state index contributed by atoms with van der Waals surface area (Å²) >= 11 is 3.10. The Bertz CT molecular complexity index is 314. The Labute approximate surface area is 77.9 Å². The molecule has 1 aromatic heterocycles. The quantitative estimate of drug-likeness (QED) is 0.770. The highest BCUT2D eigenvalue weighted by Crippen LogP contribution is 2.17. The zero-order chi connectivity index (χ0) is 9.14. The first kappa shape index (κ1) is 8.99. The second-order valence-corrected chi connectivity index (χ2v) is 2.81. The van der Waals surface area contributed by atoms with Crippen LogP contribution >= 0.6 is 15.9 Å². The Hall–Kier alpha value is -1.10. The molecule has 0 bridgehead atoms. The van der Waals surface area contributed by atoms with Gasteiger partial charge in [-0.25, -0.2) is 4.98 Å². The lowest BCUT2D eigenvalue weighted by atomic mass is 10.3. The molecule has 0 unspecified atom stereocenters. The van der Waals surface area contributed by atoms with E-state index in [0.29, 0.717) is 16.0 Å². The van der Waals surface area contributed by atoms with Crippen molar-refractivity contribution >= 4 is 21.8 Å². The average molecular weight is 231 g/mol. The Kier molecular flexibility index (Phi) is 2.65. The van der Waals surface area contributed by atoms with Crippen molar-refractivity contribution < 1.29 is 9.53 Å². The van der Waals surface area contributed by atoms with Crippen molar-refractivity contribution in [2.45, 2.75) is 0 Å². The molecule has 5 heteroatoms. The highest BCUT2D eigenvalue weighted by Gasteiger charge is 2.07. The van der Waals surface area contributed by atoms with Crippen LogP contribution in [0.3, 0.4) is 0 Å². The van der Waals surface area contributed by atoms with Crippen molar-refractivity contribution in [3.05, 3.63) is 22.3 Å². The van der Waals surface area contributed by atoms with Gasteiger partial charge < -0.3 is 10.5 Å². The van der Waals surface area contributed by atoms with E-state index in [-0.39, 0.29) is 0 Å². The maximum atomic E-state index is 10.7. The predicted octanol–water partition coefficient (Wildman–Crippen LogP) is 0.952. The van der Waals surface area contributed by atoms with Crippen molar-refractivity contribution in [3.63, 3.8) is 0 Å². The van der Waals surface area contributed by atoms with Gasteiger partial charge in [0.1, 0.15) is 4.60 Å². The lowest BCUT2D eigenvalue weighted by Crippen LogP contribution is -2.12. The van der Waals surface area contributed by atoms with Gasteiger partial charge in [-0.05, 0) is 22.0 Å². The lowest BCUT2D eigenvalue weighted by molar-refractivity contribution is 0.0999. The molecule has 0 saturated carbocycles. The number of ether oxygens (including phenoxy) is 1. The fourth-order valence-electron chi connectivity index (χ4n) is 0.715. The molecule has 4 nitrogen and oxygen atoms in total. The average Bonchev–Trinajstić information content (AvgIpc) is 2.03. The predicted molar refractivity (Wildman–Crippen MR) is 47.0 cm³/mol. The molecule has 1 heterocycles. The third-order valence-corrected chi connectivity index (χ3v) is 1.90. The molecule has 64 valence electrons. The normalized spacial score (nSPS) is 9.50. The van der Waals surface area contributed by atoms with Crippen LogP contribution in [0.5, 0.6) is 5.88 Å². The van der Waals surface area contributed by atoms with Gasteiger partial charge in [-0.1, -0.05) is 0 Å². The molecule has 12 heavy (non-hydrogen) atoms. The summed E-state index contributed by atoms with van der Waals surface area (Å²) in [5.74, 6) is -0.0797. The Morgan fingerprint density at radius 3 is 2.75 bits per heavy atom. The zero-order valence-corrected chi connectivity index (χ0v) is 7.96. The first-order valence-corrected chi connectivity index (χ1v) is 3.95. The number of hydrogen-bond donors (Lipinski definition) is 1. The van der Waals surface area contributed by atoms with Crippen LogP contribution in [-0.2, 0) is 0 Å². The number of carbonyl (C=O) groups is 1. The van der Waals surface area contributed by atoms with E-state index >= 15 is 0 Å². The minimum absolute atomic E-state index is 0.343. The van der Waals surface area contributed by atoms with Crippen LogP contribution in [0.1, 0.15) is 10.4 Å². The first-order chi connectivity index (χ1) is 5.65. The molecule has 0 aromatic carbocycles. The molecule has 0 aliphatic heterocycles. The van der Waals surface area contributed by atoms with Gasteiger partial charge in [-0.2, -0.15) is 0 Å². The van der Waals surface area contributed by atoms with Gasteiger partial charge in [0.05, 0.1) is 12.7 Å². The minimum atomic E-state index is -0.517. The Morgan fingerprint density at radius 1 is 1.67 bits per heavy atom. The van der Waals surface area contributed by atoms with Crippen LogP contribution in [0.2, 0.25) is 0 Å². The standard InChI is InChI=1S/C7H7BrN2O2/c1-12-5-3-2-4(7(9)11)6(8)10-5/h2-3H,1H3,(H2,9,11). The molecular formula is C7H7BrN2O2. The Morgan fingerprint density at radius 2 is 2.33 bits per heavy atom. The molecule has 0 aliphatic rings. The number of hydrogen-bond acceptors (Lipinski definition) is 3. The molecule has 1 aromatic rings. The van der Waals surface area contributed by atoms with E-state index in [0.717, 1.165) is 0 Å². The summed E-state index contributed by atoms with van der Waals surface area (Å²) in [4.78, 5) is 14.6. The van der Waals surface area contributed by atoms with Crippen molar-refractivity contribution in [3.8, 4) is 5.88 Å².